The Labute approximate surface area is 114 Å². The van der Waals surface area contributed by atoms with Gasteiger partial charge in [0, 0.05) is 6.20 Å². The van der Waals surface area contributed by atoms with Gasteiger partial charge in [-0.25, -0.2) is 4.98 Å². The van der Waals surface area contributed by atoms with Crippen LogP contribution in [0.15, 0.2) is 66.9 Å². The second kappa shape index (κ2) is 3.39. The van der Waals surface area contributed by atoms with Gasteiger partial charge in [0.25, 0.3) is 0 Å². The molecule has 0 radical (unpaired) electrons. The highest BCUT2D eigenvalue weighted by atomic mass is 15.1. The lowest BCUT2D eigenvalue weighted by atomic mass is 10.2. The van der Waals surface area contributed by atoms with Crippen molar-refractivity contribution in [3.8, 4) is 0 Å². The van der Waals surface area contributed by atoms with Crippen LogP contribution < -0.4 is 0 Å². The smallest absolute Gasteiger partial charge is 0.162 e. The quantitative estimate of drug-likeness (QED) is 0.412. The predicted octanol–water partition coefficient (Wildman–Crippen LogP) is 3.89. The fraction of sp³-hybridized carbons (Fsp3) is 0. The first-order chi connectivity index (χ1) is 9.93. The summed E-state index contributed by atoms with van der Waals surface area (Å²) >= 11 is 0. The van der Waals surface area contributed by atoms with Crippen molar-refractivity contribution < 1.29 is 0 Å². The minimum Gasteiger partial charge on any atom is -0.312 e. The summed E-state index contributed by atoms with van der Waals surface area (Å²) in [5.41, 5.74) is 6.72. The molecule has 3 heterocycles. The third-order valence-electron chi connectivity index (χ3n) is 3.92. The first kappa shape index (κ1) is 10.0. The van der Waals surface area contributed by atoms with Crippen LogP contribution in [-0.2, 0) is 0 Å². The van der Waals surface area contributed by atoms with Gasteiger partial charge in [0.1, 0.15) is 0 Å². The Morgan fingerprint density at radius 2 is 1.35 bits per heavy atom. The van der Waals surface area contributed by atoms with Crippen molar-refractivity contribution in [2.75, 3.05) is 0 Å². The zero-order valence-corrected chi connectivity index (χ0v) is 10.7. The van der Waals surface area contributed by atoms with E-state index in [2.05, 4.69) is 69.6 Å². The molecule has 0 aliphatic heterocycles. The number of aromatic nitrogens is 3. The van der Waals surface area contributed by atoms with Gasteiger partial charge in [-0.3, -0.25) is 4.40 Å². The monoisotopic (exact) mass is 257 g/mol. The van der Waals surface area contributed by atoms with E-state index >= 15 is 0 Å². The van der Waals surface area contributed by atoms with Crippen LogP contribution in [0.5, 0.6) is 0 Å². The summed E-state index contributed by atoms with van der Waals surface area (Å²) in [5.74, 6) is 0. The molecule has 2 aromatic carbocycles. The van der Waals surface area contributed by atoms with E-state index in [4.69, 9.17) is 4.98 Å². The molecule has 0 saturated heterocycles. The van der Waals surface area contributed by atoms with Gasteiger partial charge in [0.15, 0.2) is 5.65 Å². The predicted molar refractivity (Wildman–Crippen MR) is 81.2 cm³/mol. The summed E-state index contributed by atoms with van der Waals surface area (Å²) in [6.07, 6.45) is 2.09. The van der Waals surface area contributed by atoms with Crippen LogP contribution in [0.1, 0.15) is 0 Å². The molecule has 3 aromatic heterocycles. The molecule has 3 nitrogen and oxygen atoms in total. The van der Waals surface area contributed by atoms with Crippen molar-refractivity contribution in [1.82, 2.24) is 13.8 Å². The third kappa shape index (κ3) is 1.08. The molecule has 0 spiro atoms. The lowest BCUT2D eigenvalue weighted by molar-refractivity contribution is 1.20. The lowest BCUT2D eigenvalue weighted by Crippen LogP contribution is -1.95. The molecule has 5 aromatic rings. The molecule has 0 amide bonds. The van der Waals surface area contributed by atoms with E-state index < -0.39 is 0 Å². The van der Waals surface area contributed by atoms with E-state index in [-0.39, 0.29) is 0 Å². The van der Waals surface area contributed by atoms with Crippen LogP contribution in [0.4, 0.5) is 0 Å². The van der Waals surface area contributed by atoms with E-state index in [0.29, 0.717) is 0 Å². The van der Waals surface area contributed by atoms with Gasteiger partial charge in [-0.05, 0) is 36.4 Å². The molecule has 0 fully saturated rings. The molecule has 0 aliphatic carbocycles. The first-order valence-corrected chi connectivity index (χ1v) is 6.68. The van der Waals surface area contributed by atoms with Crippen molar-refractivity contribution in [1.29, 1.82) is 0 Å². The zero-order valence-electron chi connectivity index (χ0n) is 10.7. The van der Waals surface area contributed by atoms with E-state index in [1.807, 2.05) is 6.07 Å². The highest BCUT2D eigenvalue weighted by Gasteiger charge is 2.12. The molecule has 0 aliphatic rings. The van der Waals surface area contributed by atoms with Crippen LogP contribution in [0.2, 0.25) is 0 Å². The van der Waals surface area contributed by atoms with Gasteiger partial charge in [-0.15, -0.1) is 0 Å². The number of hydrogen-bond acceptors (Lipinski definition) is 1. The van der Waals surface area contributed by atoms with Crippen molar-refractivity contribution in [3.63, 3.8) is 0 Å². The summed E-state index contributed by atoms with van der Waals surface area (Å²) in [6.45, 7) is 0. The Bertz CT molecular complexity index is 1090. The van der Waals surface area contributed by atoms with Crippen molar-refractivity contribution in [2.24, 2.45) is 0 Å². The standard InChI is InChI=1S/C17H11N3/c1-2-7-13-12(6-1)18-17-16-10-5-11-19(16)14-8-3-4-9-15(14)20(13)17/h1-11H. The van der Waals surface area contributed by atoms with Gasteiger partial charge in [0.05, 0.1) is 27.6 Å². The Kier molecular flexibility index (Phi) is 1.70. The van der Waals surface area contributed by atoms with E-state index in [1.54, 1.807) is 0 Å². The Balaban J connectivity index is 2.27. The number of hydrogen-bond donors (Lipinski definition) is 0. The lowest BCUT2D eigenvalue weighted by Gasteiger charge is -2.07. The molecule has 5 rings (SSSR count). The van der Waals surface area contributed by atoms with Gasteiger partial charge in [-0.1, -0.05) is 24.3 Å². The van der Waals surface area contributed by atoms with E-state index in [9.17, 15) is 0 Å². The summed E-state index contributed by atoms with van der Waals surface area (Å²) in [6, 6.07) is 20.9. The average molecular weight is 257 g/mol. The zero-order chi connectivity index (χ0) is 13.1. The Morgan fingerprint density at radius 3 is 2.25 bits per heavy atom. The van der Waals surface area contributed by atoms with Gasteiger partial charge in [0.2, 0.25) is 0 Å². The van der Waals surface area contributed by atoms with Crippen LogP contribution in [0.3, 0.4) is 0 Å². The molecular formula is C17H11N3. The van der Waals surface area contributed by atoms with Crippen LogP contribution in [-0.4, -0.2) is 13.8 Å². The third-order valence-corrected chi connectivity index (χ3v) is 3.92. The summed E-state index contributed by atoms with van der Waals surface area (Å²) < 4.78 is 4.45. The van der Waals surface area contributed by atoms with Gasteiger partial charge in [-0.2, -0.15) is 0 Å². The van der Waals surface area contributed by atoms with Gasteiger partial charge < -0.3 is 4.40 Å². The SMILES string of the molecule is c1ccc2c(c1)nc1c3cccn3c3ccccc3n21. The number of nitrogens with zero attached hydrogens (tertiary/aromatic N) is 3. The molecule has 94 valence electrons. The van der Waals surface area contributed by atoms with E-state index in [1.165, 1.54) is 11.0 Å². The molecule has 0 bridgehead atoms. The number of para-hydroxylation sites is 4. The van der Waals surface area contributed by atoms with Crippen LogP contribution >= 0.6 is 0 Å². The second-order valence-corrected chi connectivity index (χ2v) is 5.01. The van der Waals surface area contributed by atoms with Crippen molar-refractivity contribution in [3.05, 3.63) is 66.9 Å². The minimum atomic E-state index is 1.01. The molecule has 0 N–H and O–H groups in total. The van der Waals surface area contributed by atoms with Crippen LogP contribution in [0.25, 0.3) is 33.2 Å². The highest BCUT2D eigenvalue weighted by molar-refractivity contribution is 5.95. The largest absolute Gasteiger partial charge is 0.312 e. The maximum Gasteiger partial charge on any atom is 0.162 e. The maximum atomic E-state index is 4.81. The summed E-state index contributed by atoms with van der Waals surface area (Å²) in [4.78, 5) is 4.81. The fourth-order valence-corrected chi connectivity index (χ4v) is 3.07. The van der Waals surface area contributed by atoms with Crippen LogP contribution in [0, 0.1) is 0 Å². The van der Waals surface area contributed by atoms with Crippen molar-refractivity contribution in [2.45, 2.75) is 0 Å². The average Bonchev–Trinajstić information content (AvgIpc) is 3.12. The Morgan fingerprint density at radius 1 is 0.650 bits per heavy atom. The summed E-state index contributed by atoms with van der Waals surface area (Å²) in [5, 5.41) is 0. The Hall–Kier alpha value is -2.81. The molecule has 0 unspecified atom stereocenters. The fourth-order valence-electron chi connectivity index (χ4n) is 3.07. The molecule has 0 saturated carbocycles. The maximum absolute atomic E-state index is 4.81. The second-order valence-electron chi connectivity index (χ2n) is 5.01. The van der Waals surface area contributed by atoms with Gasteiger partial charge >= 0.3 is 0 Å². The molecule has 20 heavy (non-hydrogen) atoms. The van der Waals surface area contributed by atoms with Crippen molar-refractivity contribution >= 4 is 33.2 Å². The summed E-state index contributed by atoms with van der Waals surface area (Å²) in [7, 11) is 0. The number of benzene rings is 2. The normalized spacial score (nSPS) is 12.0. The molecule has 3 heteroatoms. The van der Waals surface area contributed by atoms with E-state index in [0.717, 1.165) is 22.2 Å². The molecule has 0 atom stereocenters. The topological polar surface area (TPSA) is 21.7 Å². The number of rotatable bonds is 0. The number of imidazole rings is 1. The number of fused-ring (bicyclic) bond motifs is 8. The molecular weight excluding hydrogens is 246 g/mol. The minimum absolute atomic E-state index is 1.01. The highest BCUT2D eigenvalue weighted by Crippen LogP contribution is 2.26. The first-order valence-electron chi connectivity index (χ1n) is 6.68.